The Morgan fingerprint density at radius 1 is 1.23 bits per heavy atom. The lowest BCUT2D eigenvalue weighted by Gasteiger charge is -2.30. The summed E-state index contributed by atoms with van der Waals surface area (Å²) in [5.41, 5.74) is 1.78. The summed E-state index contributed by atoms with van der Waals surface area (Å²) in [6, 6.07) is 0.526. The third-order valence-electron chi connectivity index (χ3n) is 6.03. The predicted octanol–water partition coefficient (Wildman–Crippen LogP) is 2.87. The van der Waals surface area contributed by atoms with Crippen molar-refractivity contribution >= 4 is 11.6 Å². The molecule has 3 fully saturated rings. The van der Waals surface area contributed by atoms with Crippen molar-refractivity contribution in [1.82, 2.24) is 14.7 Å². The summed E-state index contributed by atoms with van der Waals surface area (Å²) in [5, 5.41) is 7.74. The van der Waals surface area contributed by atoms with Crippen LogP contribution in [0.15, 0.2) is 6.20 Å². The molecule has 3 heterocycles. The molecule has 120 valence electrons. The zero-order valence-electron chi connectivity index (χ0n) is 13.5. The first-order valence-electron chi connectivity index (χ1n) is 8.81. The highest BCUT2D eigenvalue weighted by atomic mass is 16.2. The smallest absolute Gasteiger partial charge is 0.244 e. The summed E-state index contributed by atoms with van der Waals surface area (Å²) in [6.07, 6.45) is 11.2. The first-order valence-corrected chi connectivity index (χ1v) is 8.81. The number of nitrogens with zero attached hydrogens (tertiary/aromatic N) is 3. The Labute approximate surface area is 132 Å². The number of hydrogen-bond acceptors (Lipinski definition) is 3. The normalized spacial score (nSPS) is 24.8. The number of aromatic nitrogens is 2. The molecule has 1 aliphatic carbocycles. The van der Waals surface area contributed by atoms with Gasteiger partial charge in [-0.25, -0.2) is 0 Å². The fraction of sp³-hybridized carbons (Fsp3) is 0.765. The summed E-state index contributed by atoms with van der Waals surface area (Å²) in [6.45, 7) is 4.24. The molecule has 0 atom stereocenters. The van der Waals surface area contributed by atoms with E-state index in [1.807, 2.05) is 6.20 Å². The minimum Gasteiger partial charge on any atom is -0.322 e. The van der Waals surface area contributed by atoms with Gasteiger partial charge in [-0.3, -0.25) is 14.4 Å². The van der Waals surface area contributed by atoms with Gasteiger partial charge in [0, 0.05) is 0 Å². The fourth-order valence-electron chi connectivity index (χ4n) is 4.78. The van der Waals surface area contributed by atoms with Crippen molar-refractivity contribution in [2.45, 2.75) is 69.9 Å². The molecule has 22 heavy (non-hydrogen) atoms. The standard InChI is InChI=1S/C17H26N4O/c1-13-15(12-18-21(13)14-6-2-3-7-14)19-16(22)17-8-4-10-20(17)11-5-9-17/h12,14H,2-11H2,1H3,(H,19,22). The van der Waals surface area contributed by atoms with E-state index in [1.54, 1.807) is 0 Å². The van der Waals surface area contributed by atoms with E-state index in [-0.39, 0.29) is 11.4 Å². The van der Waals surface area contributed by atoms with Gasteiger partial charge in [0.25, 0.3) is 0 Å². The first kappa shape index (κ1) is 14.2. The zero-order valence-corrected chi connectivity index (χ0v) is 13.5. The summed E-state index contributed by atoms with van der Waals surface area (Å²) in [4.78, 5) is 15.3. The number of nitrogens with one attached hydrogen (secondary N) is 1. The Hall–Kier alpha value is -1.36. The molecule has 5 nitrogen and oxygen atoms in total. The lowest BCUT2D eigenvalue weighted by molar-refractivity contribution is -0.125. The third-order valence-corrected chi connectivity index (χ3v) is 6.03. The number of carbonyl (C=O) groups is 1. The lowest BCUT2D eigenvalue weighted by atomic mass is 9.93. The molecule has 3 aliphatic rings. The van der Waals surface area contributed by atoms with Crippen molar-refractivity contribution in [2.24, 2.45) is 0 Å². The van der Waals surface area contributed by atoms with Gasteiger partial charge < -0.3 is 5.32 Å². The Morgan fingerprint density at radius 2 is 1.91 bits per heavy atom. The highest BCUT2D eigenvalue weighted by Gasteiger charge is 2.50. The maximum atomic E-state index is 12.9. The molecule has 1 amide bonds. The van der Waals surface area contributed by atoms with E-state index in [2.05, 4.69) is 26.9 Å². The number of carbonyl (C=O) groups excluding carboxylic acids is 1. The van der Waals surface area contributed by atoms with Crippen LogP contribution in [0.25, 0.3) is 0 Å². The van der Waals surface area contributed by atoms with Gasteiger partial charge in [-0.15, -0.1) is 0 Å². The second-order valence-electron chi connectivity index (χ2n) is 7.21. The minimum atomic E-state index is -0.234. The third kappa shape index (κ3) is 2.09. The van der Waals surface area contributed by atoms with E-state index in [4.69, 9.17) is 0 Å². The van der Waals surface area contributed by atoms with Crippen LogP contribution in [0.4, 0.5) is 5.69 Å². The SMILES string of the molecule is Cc1c(NC(=O)C23CCCN2CCC3)cnn1C1CCCC1. The van der Waals surface area contributed by atoms with Crippen molar-refractivity contribution in [3.8, 4) is 0 Å². The first-order chi connectivity index (χ1) is 10.7. The number of anilines is 1. The van der Waals surface area contributed by atoms with Crippen molar-refractivity contribution in [3.05, 3.63) is 11.9 Å². The van der Waals surface area contributed by atoms with Crippen LogP contribution in [0.1, 0.15) is 63.1 Å². The second-order valence-corrected chi connectivity index (χ2v) is 7.21. The molecule has 0 unspecified atom stereocenters. The summed E-state index contributed by atoms with van der Waals surface area (Å²) >= 11 is 0. The topological polar surface area (TPSA) is 50.2 Å². The maximum Gasteiger partial charge on any atom is 0.244 e. The van der Waals surface area contributed by atoms with Crippen LogP contribution in [-0.2, 0) is 4.79 Å². The van der Waals surface area contributed by atoms with Crippen LogP contribution in [-0.4, -0.2) is 39.2 Å². The molecular weight excluding hydrogens is 276 g/mol. The van der Waals surface area contributed by atoms with Gasteiger partial charge in [-0.1, -0.05) is 12.8 Å². The Balaban J connectivity index is 1.52. The molecule has 1 saturated carbocycles. The molecule has 2 aliphatic heterocycles. The van der Waals surface area contributed by atoms with E-state index in [9.17, 15) is 4.79 Å². The average molecular weight is 302 g/mol. The largest absolute Gasteiger partial charge is 0.322 e. The monoisotopic (exact) mass is 302 g/mol. The average Bonchev–Trinajstić information content (AvgIpc) is 3.22. The van der Waals surface area contributed by atoms with E-state index < -0.39 is 0 Å². The number of hydrogen-bond donors (Lipinski definition) is 1. The number of amides is 1. The van der Waals surface area contributed by atoms with Gasteiger partial charge >= 0.3 is 0 Å². The van der Waals surface area contributed by atoms with Gasteiger partial charge in [0.1, 0.15) is 5.54 Å². The molecule has 0 spiro atoms. The van der Waals surface area contributed by atoms with E-state index >= 15 is 0 Å². The molecule has 0 bridgehead atoms. The molecule has 2 saturated heterocycles. The van der Waals surface area contributed by atoms with Gasteiger partial charge in [0.2, 0.25) is 5.91 Å². The minimum absolute atomic E-state index is 0.191. The maximum absolute atomic E-state index is 12.9. The summed E-state index contributed by atoms with van der Waals surface area (Å²) in [5.74, 6) is 0.191. The second kappa shape index (κ2) is 5.37. The van der Waals surface area contributed by atoms with E-state index in [1.165, 1.54) is 25.7 Å². The van der Waals surface area contributed by atoms with Gasteiger partial charge in [-0.2, -0.15) is 5.10 Å². The van der Waals surface area contributed by atoms with Crippen LogP contribution in [0.3, 0.4) is 0 Å². The van der Waals surface area contributed by atoms with Gasteiger partial charge in [0.15, 0.2) is 0 Å². The van der Waals surface area contributed by atoms with Gasteiger partial charge in [-0.05, 0) is 58.5 Å². The van der Waals surface area contributed by atoms with Crippen LogP contribution in [0, 0.1) is 6.92 Å². The quantitative estimate of drug-likeness (QED) is 0.934. The van der Waals surface area contributed by atoms with Crippen LogP contribution < -0.4 is 5.32 Å². The molecule has 1 N–H and O–H groups in total. The fourth-order valence-corrected chi connectivity index (χ4v) is 4.78. The van der Waals surface area contributed by atoms with Gasteiger partial charge in [0.05, 0.1) is 23.6 Å². The van der Waals surface area contributed by atoms with Crippen LogP contribution in [0.5, 0.6) is 0 Å². The molecule has 4 rings (SSSR count). The number of fused-ring (bicyclic) bond motifs is 1. The number of rotatable bonds is 3. The van der Waals surface area contributed by atoms with Crippen molar-refractivity contribution in [3.63, 3.8) is 0 Å². The van der Waals surface area contributed by atoms with Crippen molar-refractivity contribution in [1.29, 1.82) is 0 Å². The van der Waals surface area contributed by atoms with Crippen LogP contribution >= 0.6 is 0 Å². The Kier molecular flexibility index (Phi) is 3.48. The predicted molar refractivity (Wildman–Crippen MR) is 85.9 cm³/mol. The molecular formula is C17H26N4O. The van der Waals surface area contributed by atoms with Crippen molar-refractivity contribution in [2.75, 3.05) is 18.4 Å². The molecule has 0 radical (unpaired) electrons. The van der Waals surface area contributed by atoms with E-state index in [0.717, 1.165) is 50.2 Å². The molecule has 0 aromatic carbocycles. The Morgan fingerprint density at radius 3 is 2.59 bits per heavy atom. The Bertz CT molecular complexity index is 563. The lowest BCUT2D eigenvalue weighted by Crippen LogP contribution is -2.49. The molecule has 5 heteroatoms. The zero-order chi connectivity index (χ0) is 15.2. The highest BCUT2D eigenvalue weighted by molar-refractivity contribution is 5.98. The van der Waals surface area contributed by atoms with E-state index in [0.29, 0.717) is 6.04 Å². The molecule has 1 aromatic heterocycles. The summed E-state index contributed by atoms with van der Waals surface area (Å²) < 4.78 is 2.13. The van der Waals surface area contributed by atoms with Crippen LogP contribution in [0.2, 0.25) is 0 Å². The van der Waals surface area contributed by atoms with Crippen molar-refractivity contribution < 1.29 is 4.79 Å². The molecule has 1 aromatic rings. The summed E-state index contributed by atoms with van der Waals surface area (Å²) in [7, 11) is 0. The highest BCUT2D eigenvalue weighted by Crippen LogP contribution is 2.40.